The average molecular weight is 336 g/mol. The summed E-state index contributed by atoms with van der Waals surface area (Å²) in [7, 11) is -3.74. The van der Waals surface area contributed by atoms with Gasteiger partial charge in [-0.15, -0.1) is 6.58 Å². The van der Waals surface area contributed by atoms with Crippen LogP contribution >= 0.6 is 0 Å². The second-order valence-corrected chi connectivity index (χ2v) is 7.37. The lowest BCUT2D eigenvalue weighted by molar-refractivity contribution is -0.135. The molecule has 1 heterocycles. The summed E-state index contributed by atoms with van der Waals surface area (Å²) in [4.78, 5) is 25.7. The van der Waals surface area contributed by atoms with Crippen molar-refractivity contribution in [2.24, 2.45) is 0 Å². The van der Waals surface area contributed by atoms with Crippen molar-refractivity contribution in [1.29, 1.82) is 0 Å². The van der Waals surface area contributed by atoms with Crippen molar-refractivity contribution in [3.63, 3.8) is 0 Å². The summed E-state index contributed by atoms with van der Waals surface area (Å²) in [5.41, 5.74) is 2.00. The van der Waals surface area contributed by atoms with E-state index in [1.165, 1.54) is 11.0 Å². The zero-order chi connectivity index (χ0) is 17.0. The summed E-state index contributed by atoms with van der Waals surface area (Å²) in [6, 6.07) is 6.89. The highest BCUT2D eigenvalue weighted by atomic mass is 32.2. The molecule has 1 aliphatic rings. The molecular weight excluding hydrogens is 316 g/mol. The van der Waals surface area contributed by atoms with Gasteiger partial charge in [-0.1, -0.05) is 35.9 Å². The number of carbonyl (C=O) groups excluding carboxylic acids is 2. The number of hydrogen-bond donors (Lipinski definition) is 1. The minimum absolute atomic E-state index is 0.146. The molecule has 1 aliphatic heterocycles. The van der Waals surface area contributed by atoms with E-state index in [9.17, 15) is 18.0 Å². The summed E-state index contributed by atoms with van der Waals surface area (Å²) in [6.45, 7) is 5.60. The molecule has 1 fully saturated rings. The van der Waals surface area contributed by atoms with Gasteiger partial charge in [-0.25, -0.2) is 8.42 Å². The Morgan fingerprint density at radius 2 is 2.04 bits per heavy atom. The number of hydrogen-bond acceptors (Lipinski definition) is 4. The molecule has 0 bridgehead atoms. The molecule has 1 aromatic carbocycles. The van der Waals surface area contributed by atoms with Crippen molar-refractivity contribution in [3.8, 4) is 0 Å². The topological polar surface area (TPSA) is 83.5 Å². The number of benzene rings is 1. The molecule has 124 valence electrons. The molecule has 0 aliphatic carbocycles. The Balaban J connectivity index is 2.11. The monoisotopic (exact) mass is 336 g/mol. The van der Waals surface area contributed by atoms with Gasteiger partial charge in [0, 0.05) is 13.0 Å². The van der Waals surface area contributed by atoms with Gasteiger partial charge in [-0.2, -0.15) is 0 Å². The Hall–Kier alpha value is -2.15. The van der Waals surface area contributed by atoms with E-state index in [0.717, 1.165) is 11.1 Å². The summed E-state index contributed by atoms with van der Waals surface area (Å²) >= 11 is 0. The second kappa shape index (κ2) is 6.95. The van der Waals surface area contributed by atoms with Crippen LogP contribution in [0.3, 0.4) is 0 Å². The number of nitrogens with one attached hydrogen (secondary N) is 1. The molecule has 1 N–H and O–H groups in total. The highest BCUT2D eigenvalue weighted by molar-refractivity contribution is 7.90. The van der Waals surface area contributed by atoms with Crippen LogP contribution in [0.5, 0.6) is 0 Å². The molecule has 0 unspecified atom stereocenters. The first-order chi connectivity index (χ1) is 10.8. The number of aryl methyl sites for hydroxylation is 1. The Bertz CT molecular complexity index is 710. The van der Waals surface area contributed by atoms with Crippen molar-refractivity contribution >= 4 is 21.8 Å². The molecule has 7 heteroatoms. The third-order valence-electron chi connectivity index (χ3n) is 3.70. The average Bonchev–Trinajstić information content (AvgIpc) is 2.82. The molecule has 1 aromatic rings. The SMILES string of the molecule is C=CCS(=O)(=O)NC(=O)[C@@H]1CCC(=O)N1Cc1ccc(C)cc1. The standard InChI is InChI=1S/C16H20N2O4S/c1-3-10-23(21,22)17-16(20)14-8-9-15(19)18(14)11-13-6-4-12(2)5-7-13/h3-7,14H,1,8-11H2,2H3,(H,17,20)/t14-/m0/s1. The lowest BCUT2D eigenvalue weighted by Gasteiger charge is -2.24. The van der Waals surface area contributed by atoms with E-state index in [4.69, 9.17) is 0 Å². The fraction of sp³-hybridized carbons (Fsp3) is 0.375. The summed E-state index contributed by atoms with van der Waals surface area (Å²) < 4.78 is 25.4. The van der Waals surface area contributed by atoms with Crippen molar-refractivity contribution in [2.75, 3.05) is 5.75 Å². The van der Waals surface area contributed by atoms with Gasteiger partial charge in [0.05, 0.1) is 5.75 Å². The van der Waals surface area contributed by atoms with Gasteiger partial charge in [-0.3, -0.25) is 14.3 Å². The number of likely N-dealkylation sites (tertiary alicyclic amines) is 1. The Morgan fingerprint density at radius 1 is 1.39 bits per heavy atom. The third-order valence-corrected chi connectivity index (χ3v) is 4.88. The van der Waals surface area contributed by atoms with Crippen LogP contribution in [-0.4, -0.2) is 36.9 Å². The molecule has 23 heavy (non-hydrogen) atoms. The minimum Gasteiger partial charge on any atom is -0.326 e. The van der Waals surface area contributed by atoms with Crippen LogP contribution in [0.25, 0.3) is 0 Å². The van der Waals surface area contributed by atoms with Gasteiger partial charge in [0.2, 0.25) is 15.9 Å². The maximum atomic E-state index is 12.2. The van der Waals surface area contributed by atoms with E-state index in [0.29, 0.717) is 13.0 Å². The fourth-order valence-electron chi connectivity index (χ4n) is 2.51. The lowest BCUT2D eigenvalue weighted by atomic mass is 10.1. The molecule has 0 aromatic heterocycles. The van der Waals surface area contributed by atoms with Crippen LogP contribution in [0.4, 0.5) is 0 Å². The van der Waals surface area contributed by atoms with Crippen molar-refractivity contribution in [3.05, 3.63) is 48.0 Å². The smallest absolute Gasteiger partial charge is 0.256 e. The molecule has 1 atom stereocenters. The number of rotatable bonds is 6. The predicted molar refractivity (Wildman–Crippen MR) is 86.9 cm³/mol. The van der Waals surface area contributed by atoms with Crippen molar-refractivity contribution < 1.29 is 18.0 Å². The predicted octanol–water partition coefficient (Wildman–Crippen LogP) is 1.12. The van der Waals surface area contributed by atoms with Crippen LogP contribution in [0.2, 0.25) is 0 Å². The van der Waals surface area contributed by atoms with E-state index >= 15 is 0 Å². The van der Waals surface area contributed by atoms with Gasteiger partial charge >= 0.3 is 0 Å². The fourth-order valence-corrected chi connectivity index (χ4v) is 3.35. The van der Waals surface area contributed by atoms with E-state index in [-0.39, 0.29) is 18.1 Å². The number of amides is 2. The first-order valence-corrected chi connectivity index (χ1v) is 8.98. The maximum absolute atomic E-state index is 12.2. The quantitative estimate of drug-likeness (QED) is 0.789. The first-order valence-electron chi connectivity index (χ1n) is 7.32. The number of sulfonamides is 1. The largest absolute Gasteiger partial charge is 0.326 e. The van der Waals surface area contributed by atoms with Crippen LogP contribution in [0.1, 0.15) is 24.0 Å². The molecule has 2 rings (SSSR count). The van der Waals surface area contributed by atoms with Gasteiger partial charge in [0.15, 0.2) is 0 Å². The molecule has 6 nitrogen and oxygen atoms in total. The zero-order valence-electron chi connectivity index (χ0n) is 13.0. The van der Waals surface area contributed by atoms with E-state index in [2.05, 4.69) is 6.58 Å². The highest BCUT2D eigenvalue weighted by Gasteiger charge is 2.37. The summed E-state index contributed by atoms with van der Waals surface area (Å²) in [6.07, 6.45) is 1.77. The summed E-state index contributed by atoms with van der Waals surface area (Å²) in [5, 5.41) is 0. The molecule has 0 radical (unpaired) electrons. The van der Waals surface area contributed by atoms with Crippen LogP contribution in [0.15, 0.2) is 36.9 Å². The van der Waals surface area contributed by atoms with Crippen LogP contribution < -0.4 is 4.72 Å². The molecule has 0 spiro atoms. The Kier molecular flexibility index (Phi) is 5.20. The Morgan fingerprint density at radius 3 is 2.65 bits per heavy atom. The minimum atomic E-state index is -3.74. The summed E-state index contributed by atoms with van der Waals surface area (Å²) in [5.74, 6) is -1.14. The molecule has 2 amide bonds. The maximum Gasteiger partial charge on any atom is 0.256 e. The second-order valence-electron chi connectivity index (χ2n) is 5.60. The van der Waals surface area contributed by atoms with Crippen LogP contribution in [-0.2, 0) is 26.2 Å². The molecule has 0 saturated carbocycles. The van der Waals surface area contributed by atoms with Crippen molar-refractivity contribution in [2.45, 2.75) is 32.4 Å². The van der Waals surface area contributed by atoms with Gasteiger partial charge < -0.3 is 4.90 Å². The molecular formula is C16H20N2O4S. The first kappa shape index (κ1) is 17.2. The third kappa shape index (κ3) is 4.41. The van der Waals surface area contributed by atoms with E-state index < -0.39 is 22.0 Å². The van der Waals surface area contributed by atoms with Crippen LogP contribution in [0, 0.1) is 6.92 Å². The molecule has 1 saturated heterocycles. The van der Waals surface area contributed by atoms with Gasteiger partial charge in [0.25, 0.3) is 5.91 Å². The van der Waals surface area contributed by atoms with Gasteiger partial charge in [-0.05, 0) is 18.9 Å². The zero-order valence-corrected chi connectivity index (χ0v) is 13.8. The normalized spacial score (nSPS) is 18.0. The highest BCUT2D eigenvalue weighted by Crippen LogP contribution is 2.22. The van der Waals surface area contributed by atoms with E-state index in [1.807, 2.05) is 35.9 Å². The number of nitrogens with zero attached hydrogens (tertiary/aromatic N) is 1. The van der Waals surface area contributed by atoms with E-state index in [1.54, 1.807) is 0 Å². The van der Waals surface area contributed by atoms with Crippen molar-refractivity contribution in [1.82, 2.24) is 9.62 Å². The Labute approximate surface area is 136 Å². The van der Waals surface area contributed by atoms with Gasteiger partial charge in [0.1, 0.15) is 6.04 Å². The number of carbonyl (C=O) groups is 2. The lowest BCUT2D eigenvalue weighted by Crippen LogP contribution is -2.46.